The van der Waals surface area contributed by atoms with Crippen molar-refractivity contribution < 1.29 is 4.79 Å². The molecule has 3 heteroatoms. The van der Waals surface area contributed by atoms with Gasteiger partial charge in [-0.1, -0.05) is 42.0 Å². The van der Waals surface area contributed by atoms with E-state index in [-0.39, 0.29) is 11.9 Å². The van der Waals surface area contributed by atoms with Crippen molar-refractivity contribution >= 4 is 17.5 Å². The number of carbonyl (C=O) groups excluding carboxylic acids is 1. The van der Waals surface area contributed by atoms with Crippen molar-refractivity contribution in [3.63, 3.8) is 0 Å². The predicted molar refractivity (Wildman–Crippen MR) is 72.0 cm³/mol. The van der Waals surface area contributed by atoms with Crippen LogP contribution < -0.4 is 5.32 Å². The summed E-state index contributed by atoms with van der Waals surface area (Å²) in [6, 6.07) is 7.41. The first-order valence-electron chi connectivity index (χ1n) is 5.49. The van der Waals surface area contributed by atoms with E-state index in [1.54, 1.807) is 6.08 Å². The summed E-state index contributed by atoms with van der Waals surface area (Å²) < 4.78 is 0. The van der Waals surface area contributed by atoms with Crippen LogP contribution in [0, 0.1) is 0 Å². The molecule has 90 valence electrons. The normalized spacial score (nSPS) is 13.1. The van der Waals surface area contributed by atoms with Gasteiger partial charge in [0.1, 0.15) is 0 Å². The molecule has 1 aromatic carbocycles. The van der Waals surface area contributed by atoms with Crippen molar-refractivity contribution in [1.29, 1.82) is 0 Å². The Morgan fingerprint density at radius 3 is 2.53 bits per heavy atom. The summed E-state index contributed by atoms with van der Waals surface area (Å²) in [5, 5.41) is 3.57. The van der Waals surface area contributed by atoms with E-state index < -0.39 is 0 Å². The molecule has 0 aliphatic heterocycles. The van der Waals surface area contributed by atoms with Crippen LogP contribution in [0.1, 0.15) is 25.5 Å². The quantitative estimate of drug-likeness (QED) is 0.641. The van der Waals surface area contributed by atoms with Gasteiger partial charge >= 0.3 is 0 Å². The molecule has 0 fully saturated rings. The lowest BCUT2D eigenvalue weighted by atomic mass is 10.1. The summed E-state index contributed by atoms with van der Waals surface area (Å²) in [4.78, 5) is 11.5. The summed E-state index contributed by atoms with van der Waals surface area (Å²) in [6.07, 6.45) is 6.90. The molecule has 1 atom stereocenters. The molecule has 0 spiro atoms. The van der Waals surface area contributed by atoms with Gasteiger partial charge in [-0.15, -0.1) is 0 Å². The van der Waals surface area contributed by atoms with E-state index in [0.29, 0.717) is 5.02 Å². The lowest BCUT2D eigenvalue weighted by Crippen LogP contribution is -2.24. The van der Waals surface area contributed by atoms with E-state index in [2.05, 4.69) is 5.32 Å². The van der Waals surface area contributed by atoms with Crippen molar-refractivity contribution in [1.82, 2.24) is 5.32 Å². The van der Waals surface area contributed by atoms with Crippen LogP contribution in [0.15, 0.2) is 48.6 Å². The zero-order valence-electron chi connectivity index (χ0n) is 9.98. The first kappa shape index (κ1) is 13.5. The summed E-state index contributed by atoms with van der Waals surface area (Å²) in [6.45, 7) is 3.84. The monoisotopic (exact) mass is 249 g/mol. The lowest BCUT2D eigenvalue weighted by molar-refractivity contribution is -0.117. The molecule has 17 heavy (non-hydrogen) atoms. The third-order valence-electron chi connectivity index (χ3n) is 2.28. The molecule has 1 aromatic rings. The van der Waals surface area contributed by atoms with Crippen molar-refractivity contribution in [3.05, 3.63) is 59.2 Å². The Bertz CT molecular complexity index is 420. The zero-order chi connectivity index (χ0) is 12.7. The topological polar surface area (TPSA) is 29.1 Å². The highest BCUT2D eigenvalue weighted by atomic mass is 35.5. The number of amides is 1. The Balaban J connectivity index is 2.57. The van der Waals surface area contributed by atoms with Gasteiger partial charge in [-0.25, -0.2) is 0 Å². The number of hydrogen-bond donors (Lipinski definition) is 1. The van der Waals surface area contributed by atoms with Gasteiger partial charge in [0.2, 0.25) is 5.91 Å². The van der Waals surface area contributed by atoms with Crippen LogP contribution in [-0.4, -0.2) is 5.91 Å². The summed E-state index contributed by atoms with van der Waals surface area (Å²) in [5.74, 6) is -0.106. The van der Waals surface area contributed by atoms with Gasteiger partial charge in [-0.05, 0) is 31.5 Å². The number of benzene rings is 1. The molecule has 0 saturated heterocycles. The fourth-order valence-corrected chi connectivity index (χ4v) is 1.48. The molecule has 0 aromatic heterocycles. The van der Waals surface area contributed by atoms with Crippen molar-refractivity contribution in [2.24, 2.45) is 0 Å². The first-order valence-corrected chi connectivity index (χ1v) is 5.86. The zero-order valence-corrected chi connectivity index (χ0v) is 10.7. The molecule has 2 nitrogen and oxygen atoms in total. The second-order valence-electron chi connectivity index (χ2n) is 3.67. The average molecular weight is 250 g/mol. The minimum absolute atomic E-state index is 0.0324. The highest BCUT2D eigenvalue weighted by molar-refractivity contribution is 6.30. The number of nitrogens with one attached hydrogen (secondary N) is 1. The van der Waals surface area contributed by atoms with E-state index >= 15 is 0 Å². The Morgan fingerprint density at radius 1 is 1.29 bits per heavy atom. The Kier molecular flexibility index (Phi) is 5.50. The van der Waals surface area contributed by atoms with Crippen molar-refractivity contribution in [3.8, 4) is 0 Å². The van der Waals surface area contributed by atoms with E-state index in [0.717, 1.165) is 5.56 Å². The second-order valence-corrected chi connectivity index (χ2v) is 4.10. The molecule has 0 heterocycles. The van der Waals surface area contributed by atoms with Gasteiger partial charge in [-0.3, -0.25) is 4.79 Å². The standard InChI is InChI=1S/C14H16ClNO/c1-3-4-5-6-14(17)16-11(2)12-7-9-13(15)10-8-12/h3-11H,1-2H3,(H,16,17)/b4-3+,6-5+. The molecule has 0 radical (unpaired) electrons. The van der Waals surface area contributed by atoms with Crippen molar-refractivity contribution in [2.75, 3.05) is 0 Å². The minimum Gasteiger partial charge on any atom is -0.346 e. The fourth-order valence-electron chi connectivity index (χ4n) is 1.35. The number of rotatable bonds is 4. The summed E-state index contributed by atoms with van der Waals surface area (Å²) in [5.41, 5.74) is 1.03. The van der Waals surface area contributed by atoms with Crippen LogP contribution in [0.5, 0.6) is 0 Å². The maximum atomic E-state index is 11.5. The van der Waals surface area contributed by atoms with E-state index in [1.807, 2.05) is 50.3 Å². The van der Waals surface area contributed by atoms with Crippen LogP contribution in [0.25, 0.3) is 0 Å². The molecule has 0 bridgehead atoms. The number of allylic oxidation sites excluding steroid dienone is 3. The lowest BCUT2D eigenvalue weighted by Gasteiger charge is -2.12. The number of halogens is 1. The third-order valence-corrected chi connectivity index (χ3v) is 2.53. The molecular formula is C14H16ClNO. The predicted octanol–water partition coefficient (Wildman–Crippen LogP) is 3.65. The third kappa shape index (κ3) is 4.87. The van der Waals surface area contributed by atoms with Gasteiger partial charge in [0, 0.05) is 11.1 Å². The smallest absolute Gasteiger partial charge is 0.244 e. The fraction of sp³-hybridized carbons (Fsp3) is 0.214. The van der Waals surface area contributed by atoms with Gasteiger partial charge in [0.25, 0.3) is 0 Å². The molecular weight excluding hydrogens is 234 g/mol. The van der Waals surface area contributed by atoms with Gasteiger partial charge in [0.05, 0.1) is 6.04 Å². The maximum Gasteiger partial charge on any atom is 0.244 e. The molecule has 1 N–H and O–H groups in total. The molecule has 1 unspecified atom stereocenters. The maximum absolute atomic E-state index is 11.5. The van der Waals surface area contributed by atoms with Crippen LogP contribution in [0.2, 0.25) is 5.02 Å². The van der Waals surface area contributed by atoms with Crippen LogP contribution in [-0.2, 0) is 4.79 Å². The molecule has 0 aliphatic rings. The van der Waals surface area contributed by atoms with Gasteiger partial charge < -0.3 is 5.32 Å². The van der Waals surface area contributed by atoms with E-state index in [1.165, 1.54) is 6.08 Å². The second kappa shape index (κ2) is 6.92. The highest BCUT2D eigenvalue weighted by Crippen LogP contribution is 2.15. The van der Waals surface area contributed by atoms with E-state index in [4.69, 9.17) is 11.6 Å². The van der Waals surface area contributed by atoms with Crippen LogP contribution >= 0.6 is 11.6 Å². The van der Waals surface area contributed by atoms with Gasteiger partial charge in [-0.2, -0.15) is 0 Å². The largest absolute Gasteiger partial charge is 0.346 e. The van der Waals surface area contributed by atoms with Crippen LogP contribution in [0.4, 0.5) is 0 Å². The Morgan fingerprint density at radius 2 is 1.94 bits per heavy atom. The number of carbonyl (C=O) groups is 1. The SMILES string of the molecule is C/C=C/C=C/C(=O)NC(C)c1ccc(Cl)cc1. The molecule has 0 aliphatic carbocycles. The summed E-state index contributed by atoms with van der Waals surface area (Å²) in [7, 11) is 0. The minimum atomic E-state index is -0.106. The van der Waals surface area contributed by atoms with Gasteiger partial charge in [0.15, 0.2) is 0 Å². The first-order chi connectivity index (χ1) is 8.13. The average Bonchev–Trinajstić information content (AvgIpc) is 2.30. The Labute approximate surface area is 107 Å². The molecule has 1 amide bonds. The Hall–Kier alpha value is -1.54. The highest BCUT2D eigenvalue weighted by Gasteiger charge is 2.06. The molecule has 0 saturated carbocycles. The van der Waals surface area contributed by atoms with Crippen LogP contribution in [0.3, 0.4) is 0 Å². The van der Waals surface area contributed by atoms with E-state index in [9.17, 15) is 4.79 Å². The number of hydrogen-bond acceptors (Lipinski definition) is 1. The summed E-state index contributed by atoms with van der Waals surface area (Å²) >= 11 is 5.80. The molecule has 1 rings (SSSR count). The van der Waals surface area contributed by atoms with Crippen molar-refractivity contribution in [2.45, 2.75) is 19.9 Å².